The molecule has 0 fully saturated rings. The quantitative estimate of drug-likeness (QED) is 0.909. The summed E-state index contributed by atoms with van der Waals surface area (Å²) in [5.74, 6) is 0. The minimum Gasteiger partial charge on any atom is -0.388 e. The van der Waals surface area contributed by atoms with E-state index >= 15 is 0 Å². The highest BCUT2D eigenvalue weighted by Gasteiger charge is 2.12. The third kappa shape index (κ3) is 3.21. The van der Waals surface area contributed by atoms with Crippen molar-refractivity contribution in [2.75, 3.05) is 0 Å². The normalized spacial score (nSPS) is 12.5. The Labute approximate surface area is 115 Å². The van der Waals surface area contributed by atoms with E-state index in [0.29, 0.717) is 6.42 Å². The van der Waals surface area contributed by atoms with Crippen LogP contribution in [0.2, 0.25) is 0 Å². The first-order valence-corrected chi connectivity index (χ1v) is 6.64. The fourth-order valence-electron chi connectivity index (χ4n) is 2.62. The van der Waals surface area contributed by atoms with Gasteiger partial charge in [-0.25, -0.2) is 0 Å². The van der Waals surface area contributed by atoms with Crippen LogP contribution in [-0.4, -0.2) is 10.1 Å². The lowest BCUT2D eigenvalue weighted by Gasteiger charge is -2.16. The minimum absolute atomic E-state index is 0.471. The Balaban J connectivity index is 2.26. The third-order valence-electron chi connectivity index (χ3n) is 3.54. The van der Waals surface area contributed by atoms with E-state index in [4.69, 9.17) is 0 Å². The van der Waals surface area contributed by atoms with Crippen LogP contribution >= 0.6 is 0 Å². The van der Waals surface area contributed by atoms with Crippen LogP contribution in [0.1, 0.15) is 39.6 Å². The molecule has 0 spiro atoms. The van der Waals surface area contributed by atoms with Crippen LogP contribution in [0.15, 0.2) is 30.5 Å². The first-order valence-electron chi connectivity index (χ1n) is 6.64. The zero-order valence-corrected chi connectivity index (χ0v) is 12.1. The molecule has 0 radical (unpaired) electrons. The molecule has 1 aromatic carbocycles. The van der Waals surface area contributed by atoms with Crippen molar-refractivity contribution in [2.45, 2.75) is 40.2 Å². The first-order chi connectivity index (χ1) is 8.97. The number of aromatic nitrogens is 1. The molecule has 1 N–H and O–H groups in total. The fourth-order valence-corrected chi connectivity index (χ4v) is 2.62. The van der Waals surface area contributed by atoms with Gasteiger partial charge in [0.15, 0.2) is 0 Å². The third-order valence-corrected chi connectivity index (χ3v) is 3.54. The van der Waals surface area contributed by atoms with Crippen LogP contribution in [0.4, 0.5) is 0 Å². The summed E-state index contributed by atoms with van der Waals surface area (Å²) < 4.78 is 0. The molecular formula is C17H21NO. The highest BCUT2D eigenvalue weighted by molar-refractivity contribution is 5.38. The van der Waals surface area contributed by atoms with Crippen LogP contribution in [0.25, 0.3) is 0 Å². The van der Waals surface area contributed by atoms with Crippen molar-refractivity contribution in [1.82, 2.24) is 4.98 Å². The molecule has 1 heterocycles. The largest absolute Gasteiger partial charge is 0.388 e. The zero-order chi connectivity index (χ0) is 14.0. The maximum atomic E-state index is 10.4. The predicted octanol–water partition coefficient (Wildman–Crippen LogP) is 3.59. The summed E-state index contributed by atoms with van der Waals surface area (Å²) in [5.41, 5.74) is 6.89. The second-order valence-electron chi connectivity index (χ2n) is 5.33. The number of nitrogens with zero attached hydrogens (tertiary/aromatic N) is 1. The van der Waals surface area contributed by atoms with Gasteiger partial charge in [0, 0.05) is 18.3 Å². The molecule has 0 amide bonds. The van der Waals surface area contributed by atoms with Crippen molar-refractivity contribution in [3.8, 4) is 0 Å². The van der Waals surface area contributed by atoms with Crippen molar-refractivity contribution in [1.29, 1.82) is 0 Å². The average Bonchev–Trinajstić information content (AvgIpc) is 2.33. The van der Waals surface area contributed by atoms with E-state index in [1.165, 1.54) is 22.3 Å². The molecule has 1 aromatic heterocycles. The van der Waals surface area contributed by atoms with E-state index in [2.05, 4.69) is 37.9 Å². The van der Waals surface area contributed by atoms with E-state index in [1.54, 1.807) is 6.20 Å². The molecule has 0 aliphatic carbocycles. The van der Waals surface area contributed by atoms with Crippen molar-refractivity contribution in [3.05, 3.63) is 64.0 Å². The monoisotopic (exact) mass is 255 g/mol. The second kappa shape index (κ2) is 5.54. The number of hydrogen-bond acceptors (Lipinski definition) is 2. The molecule has 19 heavy (non-hydrogen) atoms. The molecule has 100 valence electrons. The number of aliphatic hydroxyl groups excluding tert-OH is 1. The van der Waals surface area contributed by atoms with Crippen molar-refractivity contribution >= 4 is 0 Å². The molecule has 0 aliphatic heterocycles. The van der Waals surface area contributed by atoms with Crippen LogP contribution in [-0.2, 0) is 6.42 Å². The standard InChI is InChI=1S/C17H21NO/c1-11-7-12(2)16(13(3)8-11)10-17(19)15-5-6-18-14(4)9-15/h5-9,17,19H,10H2,1-4H3. The maximum Gasteiger partial charge on any atom is 0.0831 e. The number of rotatable bonds is 3. The Hall–Kier alpha value is -1.67. The SMILES string of the molecule is Cc1cc(C)c(CC(O)c2ccnc(C)c2)c(C)c1. The summed E-state index contributed by atoms with van der Waals surface area (Å²) in [7, 11) is 0. The van der Waals surface area contributed by atoms with E-state index in [-0.39, 0.29) is 0 Å². The molecule has 0 saturated carbocycles. The highest BCUT2D eigenvalue weighted by atomic mass is 16.3. The Kier molecular flexibility index (Phi) is 4.01. The zero-order valence-electron chi connectivity index (χ0n) is 12.1. The van der Waals surface area contributed by atoms with Gasteiger partial charge in [-0.3, -0.25) is 4.98 Å². The van der Waals surface area contributed by atoms with E-state index in [9.17, 15) is 5.11 Å². The molecule has 2 aromatic rings. The Bertz CT molecular complexity index is 567. The number of aliphatic hydroxyl groups is 1. The molecule has 0 aliphatic rings. The predicted molar refractivity (Wildman–Crippen MR) is 78.3 cm³/mol. The number of hydrogen-bond donors (Lipinski definition) is 1. The van der Waals surface area contributed by atoms with Crippen molar-refractivity contribution in [3.63, 3.8) is 0 Å². The summed E-state index contributed by atoms with van der Waals surface area (Å²) >= 11 is 0. The first kappa shape index (κ1) is 13.8. The molecule has 0 saturated heterocycles. The molecule has 2 heteroatoms. The summed E-state index contributed by atoms with van der Waals surface area (Å²) in [6, 6.07) is 8.18. The molecule has 1 unspecified atom stereocenters. The summed E-state index contributed by atoms with van der Waals surface area (Å²) in [6.07, 6.45) is 1.94. The Morgan fingerprint density at radius 3 is 2.26 bits per heavy atom. The molecule has 2 nitrogen and oxygen atoms in total. The van der Waals surface area contributed by atoms with E-state index in [0.717, 1.165) is 11.3 Å². The van der Waals surface area contributed by atoms with Gasteiger partial charge in [-0.1, -0.05) is 17.7 Å². The molecule has 0 bridgehead atoms. The van der Waals surface area contributed by atoms with Gasteiger partial charge in [0.25, 0.3) is 0 Å². The smallest absolute Gasteiger partial charge is 0.0831 e. The summed E-state index contributed by atoms with van der Waals surface area (Å²) in [5, 5.41) is 10.4. The Morgan fingerprint density at radius 2 is 1.68 bits per heavy atom. The van der Waals surface area contributed by atoms with Crippen molar-refractivity contribution < 1.29 is 5.11 Å². The lowest BCUT2D eigenvalue weighted by Crippen LogP contribution is -2.06. The summed E-state index contributed by atoms with van der Waals surface area (Å²) in [4.78, 5) is 4.16. The van der Waals surface area contributed by atoms with Gasteiger partial charge in [-0.2, -0.15) is 0 Å². The number of aryl methyl sites for hydroxylation is 4. The average molecular weight is 255 g/mol. The van der Waals surface area contributed by atoms with Crippen LogP contribution in [0, 0.1) is 27.7 Å². The van der Waals surface area contributed by atoms with Crippen LogP contribution < -0.4 is 0 Å². The van der Waals surface area contributed by atoms with Gasteiger partial charge in [0.05, 0.1) is 6.10 Å². The summed E-state index contributed by atoms with van der Waals surface area (Å²) in [6.45, 7) is 8.27. The van der Waals surface area contributed by atoms with Crippen molar-refractivity contribution in [2.24, 2.45) is 0 Å². The van der Waals surface area contributed by atoms with E-state index in [1.807, 2.05) is 19.1 Å². The molecular weight excluding hydrogens is 234 g/mol. The maximum absolute atomic E-state index is 10.4. The van der Waals surface area contributed by atoms with E-state index < -0.39 is 6.10 Å². The number of pyridine rings is 1. The molecule has 1 atom stereocenters. The van der Waals surface area contributed by atoms with Gasteiger partial charge < -0.3 is 5.11 Å². The van der Waals surface area contributed by atoms with Crippen LogP contribution in [0.5, 0.6) is 0 Å². The lowest BCUT2D eigenvalue weighted by molar-refractivity contribution is 0.178. The van der Waals surface area contributed by atoms with Gasteiger partial charge in [-0.05, 0) is 62.1 Å². The minimum atomic E-state index is -0.471. The fraction of sp³-hybridized carbons (Fsp3) is 0.353. The highest BCUT2D eigenvalue weighted by Crippen LogP contribution is 2.24. The van der Waals surface area contributed by atoms with Gasteiger partial charge in [0.1, 0.15) is 0 Å². The number of benzene rings is 1. The second-order valence-corrected chi connectivity index (χ2v) is 5.33. The molecule has 2 rings (SSSR count). The van der Waals surface area contributed by atoms with Gasteiger partial charge in [-0.15, -0.1) is 0 Å². The van der Waals surface area contributed by atoms with Crippen LogP contribution in [0.3, 0.4) is 0 Å². The van der Waals surface area contributed by atoms with Gasteiger partial charge in [0.2, 0.25) is 0 Å². The lowest BCUT2D eigenvalue weighted by atomic mass is 9.93. The topological polar surface area (TPSA) is 33.1 Å². The van der Waals surface area contributed by atoms with Gasteiger partial charge >= 0.3 is 0 Å². The Morgan fingerprint density at radius 1 is 1.05 bits per heavy atom.